The second kappa shape index (κ2) is 7.53. The molecule has 3 N–H and O–H groups in total. The van der Waals surface area contributed by atoms with Gasteiger partial charge in [-0.1, -0.05) is 6.92 Å². The molecule has 4 rings (SSSR count). The average molecular weight is 367 g/mol. The van der Waals surface area contributed by atoms with Crippen molar-refractivity contribution in [1.29, 1.82) is 0 Å². The minimum atomic E-state index is 0.223. The van der Waals surface area contributed by atoms with Crippen LogP contribution in [-0.4, -0.2) is 32.4 Å². The zero-order valence-electron chi connectivity index (χ0n) is 16.2. The molecular weight excluding hydrogens is 340 g/mol. The Hall–Kier alpha value is -2.66. The molecule has 27 heavy (non-hydrogen) atoms. The molecule has 0 saturated carbocycles. The van der Waals surface area contributed by atoms with Gasteiger partial charge < -0.3 is 24.5 Å². The number of methoxy groups -OCH3 is 2. The SMILES string of the molecule is CCCOc1ccc([C@@H]2[NH2+]CCc3c2[nH]c2ccc(OC)cc32)cc1OC. The lowest BCUT2D eigenvalue weighted by molar-refractivity contribution is -0.690. The van der Waals surface area contributed by atoms with Gasteiger partial charge in [0, 0.05) is 22.9 Å². The molecule has 0 aliphatic carbocycles. The lowest BCUT2D eigenvalue weighted by Gasteiger charge is -2.22. The number of benzene rings is 2. The van der Waals surface area contributed by atoms with Crippen molar-refractivity contribution >= 4 is 10.9 Å². The highest BCUT2D eigenvalue weighted by atomic mass is 16.5. The fourth-order valence-corrected chi connectivity index (χ4v) is 3.93. The van der Waals surface area contributed by atoms with Gasteiger partial charge in [0.15, 0.2) is 17.5 Å². The third-order valence-electron chi connectivity index (χ3n) is 5.26. The fraction of sp³-hybridized carbons (Fsp3) is 0.364. The predicted molar refractivity (Wildman–Crippen MR) is 106 cm³/mol. The van der Waals surface area contributed by atoms with E-state index < -0.39 is 0 Å². The van der Waals surface area contributed by atoms with Crippen molar-refractivity contribution in [3.05, 3.63) is 53.2 Å². The summed E-state index contributed by atoms with van der Waals surface area (Å²) >= 11 is 0. The first-order valence-corrected chi connectivity index (χ1v) is 9.57. The van der Waals surface area contributed by atoms with Crippen molar-refractivity contribution in [2.75, 3.05) is 27.4 Å². The van der Waals surface area contributed by atoms with E-state index in [1.807, 2.05) is 12.1 Å². The summed E-state index contributed by atoms with van der Waals surface area (Å²) in [6, 6.07) is 12.7. The monoisotopic (exact) mass is 367 g/mol. The summed E-state index contributed by atoms with van der Waals surface area (Å²) in [6.45, 7) is 3.85. The molecule has 5 heteroatoms. The Kier molecular flexibility index (Phi) is 4.94. The van der Waals surface area contributed by atoms with Gasteiger partial charge in [0.25, 0.3) is 0 Å². The molecule has 3 aromatic rings. The first-order valence-electron chi connectivity index (χ1n) is 9.57. The van der Waals surface area contributed by atoms with Crippen LogP contribution >= 0.6 is 0 Å². The summed E-state index contributed by atoms with van der Waals surface area (Å²) in [7, 11) is 3.41. The lowest BCUT2D eigenvalue weighted by atomic mass is 9.94. The molecular formula is C22H27N2O3+. The Morgan fingerprint density at radius 3 is 2.74 bits per heavy atom. The molecule has 0 spiro atoms. The van der Waals surface area contributed by atoms with Gasteiger partial charge in [0.1, 0.15) is 5.75 Å². The van der Waals surface area contributed by atoms with Gasteiger partial charge in [-0.3, -0.25) is 0 Å². The van der Waals surface area contributed by atoms with Crippen molar-refractivity contribution in [3.63, 3.8) is 0 Å². The summed E-state index contributed by atoms with van der Waals surface area (Å²) in [4.78, 5) is 3.64. The van der Waals surface area contributed by atoms with E-state index in [1.165, 1.54) is 22.2 Å². The number of aromatic nitrogens is 1. The number of fused-ring (bicyclic) bond motifs is 3. The third kappa shape index (κ3) is 3.23. The van der Waals surface area contributed by atoms with Crippen LogP contribution in [0.5, 0.6) is 17.2 Å². The highest BCUT2D eigenvalue weighted by Gasteiger charge is 2.29. The van der Waals surface area contributed by atoms with Gasteiger partial charge in [-0.2, -0.15) is 0 Å². The Morgan fingerprint density at radius 2 is 1.96 bits per heavy atom. The van der Waals surface area contributed by atoms with Gasteiger partial charge in [0.2, 0.25) is 0 Å². The molecule has 0 fully saturated rings. The van der Waals surface area contributed by atoms with Crippen LogP contribution in [0.25, 0.3) is 10.9 Å². The molecule has 1 aliphatic rings. The molecule has 1 atom stereocenters. The number of hydrogen-bond acceptors (Lipinski definition) is 3. The van der Waals surface area contributed by atoms with Gasteiger partial charge in [0.05, 0.1) is 33.1 Å². The highest BCUT2D eigenvalue weighted by Crippen LogP contribution is 2.35. The number of H-pyrrole nitrogens is 1. The Labute approximate surface area is 159 Å². The van der Waals surface area contributed by atoms with Crippen molar-refractivity contribution in [1.82, 2.24) is 4.98 Å². The second-order valence-corrected chi connectivity index (χ2v) is 6.94. The average Bonchev–Trinajstić information content (AvgIpc) is 3.10. The van der Waals surface area contributed by atoms with Crippen molar-refractivity contribution < 1.29 is 19.5 Å². The maximum Gasteiger partial charge on any atom is 0.161 e. The van der Waals surface area contributed by atoms with Crippen LogP contribution in [0.1, 0.15) is 36.2 Å². The molecule has 2 aromatic carbocycles. The topological polar surface area (TPSA) is 60.1 Å². The Morgan fingerprint density at radius 1 is 1.07 bits per heavy atom. The zero-order chi connectivity index (χ0) is 18.8. The number of aromatic amines is 1. The summed E-state index contributed by atoms with van der Waals surface area (Å²) in [6.07, 6.45) is 2.02. The normalized spacial score (nSPS) is 16.2. The highest BCUT2D eigenvalue weighted by molar-refractivity contribution is 5.86. The van der Waals surface area contributed by atoms with Gasteiger partial charge >= 0.3 is 0 Å². The molecule has 5 nitrogen and oxygen atoms in total. The van der Waals surface area contributed by atoms with E-state index in [0.29, 0.717) is 6.61 Å². The summed E-state index contributed by atoms with van der Waals surface area (Å²) in [5.41, 5.74) is 5.04. The van der Waals surface area contributed by atoms with Crippen LogP contribution in [-0.2, 0) is 6.42 Å². The van der Waals surface area contributed by atoms with E-state index in [0.717, 1.165) is 42.2 Å². The van der Waals surface area contributed by atoms with E-state index in [2.05, 4.69) is 41.5 Å². The molecule has 142 valence electrons. The fourth-order valence-electron chi connectivity index (χ4n) is 3.93. The van der Waals surface area contributed by atoms with Crippen LogP contribution in [0.2, 0.25) is 0 Å². The Balaban J connectivity index is 1.74. The minimum Gasteiger partial charge on any atom is -0.497 e. The van der Waals surface area contributed by atoms with Crippen LogP contribution in [0.15, 0.2) is 36.4 Å². The summed E-state index contributed by atoms with van der Waals surface area (Å²) < 4.78 is 16.8. The standard InChI is InChI=1S/C22H26N2O3/c1-4-11-27-19-8-5-14(12-20(19)26-3)21-22-16(9-10-23-21)17-13-15(25-2)6-7-18(17)24-22/h5-8,12-13,21,23-24H,4,9-11H2,1-3H3/p+1/t21-/m0/s1. The quantitative estimate of drug-likeness (QED) is 0.703. The maximum atomic E-state index is 5.81. The zero-order valence-corrected chi connectivity index (χ0v) is 16.2. The van der Waals surface area contributed by atoms with E-state index in [1.54, 1.807) is 14.2 Å². The lowest BCUT2D eigenvalue weighted by Crippen LogP contribution is -2.87. The molecule has 2 heterocycles. The summed E-state index contributed by atoms with van der Waals surface area (Å²) in [5, 5.41) is 3.65. The van der Waals surface area contributed by atoms with Crippen LogP contribution < -0.4 is 19.5 Å². The largest absolute Gasteiger partial charge is 0.497 e. The second-order valence-electron chi connectivity index (χ2n) is 6.94. The Bertz CT molecular complexity index is 948. The van der Waals surface area contributed by atoms with Gasteiger partial charge in [-0.15, -0.1) is 0 Å². The van der Waals surface area contributed by atoms with Crippen molar-refractivity contribution in [2.24, 2.45) is 0 Å². The number of hydrogen-bond donors (Lipinski definition) is 2. The molecule has 0 radical (unpaired) electrons. The first kappa shape index (κ1) is 17.7. The first-order chi connectivity index (χ1) is 13.2. The molecule has 0 unspecified atom stereocenters. The molecule has 1 aliphatic heterocycles. The van der Waals surface area contributed by atoms with Crippen LogP contribution in [0, 0.1) is 0 Å². The molecule has 1 aromatic heterocycles. The van der Waals surface area contributed by atoms with Crippen LogP contribution in [0.3, 0.4) is 0 Å². The van der Waals surface area contributed by atoms with E-state index in [-0.39, 0.29) is 6.04 Å². The predicted octanol–water partition coefficient (Wildman–Crippen LogP) is 3.18. The van der Waals surface area contributed by atoms with Crippen LogP contribution in [0.4, 0.5) is 0 Å². The van der Waals surface area contributed by atoms with Gasteiger partial charge in [-0.25, -0.2) is 0 Å². The number of quaternary nitrogens is 1. The maximum absolute atomic E-state index is 5.81. The number of ether oxygens (including phenoxy) is 3. The van der Waals surface area contributed by atoms with Crippen molar-refractivity contribution in [3.8, 4) is 17.2 Å². The molecule has 0 bridgehead atoms. The third-order valence-corrected chi connectivity index (χ3v) is 5.26. The number of nitrogens with one attached hydrogen (secondary N) is 1. The van der Waals surface area contributed by atoms with E-state index >= 15 is 0 Å². The molecule has 0 saturated heterocycles. The number of nitrogens with two attached hydrogens (primary N) is 1. The van der Waals surface area contributed by atoms with Gasteiger partial charge in [-0.05, 0) is 48.4 Å². The molecule has 0 amide bonds. The summed E-state index contributed by atoms with van der Waals surface area (Å²) in [5.74, 6) is 2.49. The smallest absolute Gasteiger partial charge is 0.161 e. The number of rotatable bonds is 6. The van der Waals surface area contributed by atoms with Crippen molar-refractivity contribution in [2.45, 2.75) is 25.8 Å². The minimum absolute atomic E-state index is 0.223. The van der Waals surface area contributed by atoms with E-state index in [4.69, 9.17) is 14.2 Å². The van der Waals surface area contributed by atoms with E-state index in [9.17, 15) is 0 Å².